The van der Waals surface area contributed by atoms with Crippen LogP contribution < -0.4 is 4.72 Å². The Hall–Kier alpha value is -3.09. The fourth-order valence-electron chi connectivity index (χ4n) is 3.46. The van der Waals surface area contributed by atoms with Gasteiger partial charge in [-0.1, -0.05) is 13.8 Å². The first kappa shape index (κ1) is 25.5. The number of alkyl halides is 3. The van der Waals surface area contributed by atoms with Crippen LogP contribution in [0.15, 0.2) is 24.5 Å². The molecule has 0 atom stereocenters. The van der Waals surface area contributed by atoms with E-state index in [2.05, 4.69) is 10.1 Å². The number of aromatic nitrogens is 4. The summed E-state index contributed by atoms with van der Waals surface area (Å²) in [5, 5.41) is 4.61. The highest BCUT2D eigenvalue weighted by atomic mass is 32.2. The number of hydrogen-bond donors (Lipinski definition) is 1. The quantitative estimate of drug-likeness (QED) is 0.504. The van der Waals surface area contributed by atoms with Gasteiger partial charge in [-0.15, -0.1) is 0 Å². The Morgan fingerprint density at radius 2 is 2.00 bits per heavy atom. The summed E-state index contributed by atoms with van der Waals surface area (Å²) in [4.78, 5) is 15.8. The van der Waals surface area contributed by atoms with Crippen molar-refractivity contribution in [2.24, 2.45) is 13.0 Å². The lowest BCUT2D eigenvalue weighted by molar-refractivity contribution is -0.137. The van der Waals surface area contributed by atoms with Gasteiger partial charge in [-0.3, -0.25) is 9.25 Å². The summed E-state index contributed by atoms with van der Waals surface area (Å²) >= 11 is 0. The number of amides is 1. The van der Waals surface area contributed by atoms with E-state index in [1.165, 1.54) is 10.7 Å². The lowest BCUT2D eigenvalue weighted by Gasteiger charge is -2.11. The van der Waals surface area contributed by atoms with E-state index in [-0.39, 0.29) is 24.1 Å². The minimum atomic E-state index is -4.52. The lowest BCUT2D eigenvalue weighted by atomic mass is 10.1. The van der Waals surface area contributed by atoms with Crippen LogP contribution in [0.3, 0.4) is 0 Å². The van der Waals surface area contributed by atoms with Crippen molar-refractivity contribution in [1.82, 2.24) is 24.1 Å². The molecule has 0 aliphatic carbocycles. The molecule has 0 unspecified atom stereocenters. The molecule has 9 nitrogen and oxygen atoms in total. The largest absolute Gasteiger partial charge is 0.449 e. The van der Waals surface area contributed by atoms with Crippen molar-refractivity contribution in [1.29, 1.82) is 0 Å². The molecule has 1 N–H and O–H groups in total. The first-order chi connectivity index (χ1) is 15.8. The molecule has 0 spiro atoms. The van der Waals surface area contributed by atoms with Gasteiger partial charge in [0.05, 0.1) is 23.6 Å². The number of nitrogens with one attached hydrogen (secondary N) is 1. The molecule has 13 heteroatoms. The Labute approximate surface area is 195 Å². The molecule has 0 saturated carbocycles. The van der Waals surface area contributed by atoms with E-state index in [1.54, 1.807) is 24.7 Å². The van der Waals surface area contributed by atoms with E-state index < -0.39 is 33.6 Å². The van der Waals surface area contributed by atoms with Crippen LogP contribution in [0.1, 0.15) is 37.1 Å². The van der Waals surface area contributed by atoms with Crippen LogP contribution in [0.4, 0.5) is 18.0 Å². The van der Waals surface area contributed by atoms with Gasteiger partial charge < -0.3 is 4.74 Å². The Balaban J connectivity index is 1.82. The van der Waals surface area contributed by atoms with Crippen molar-refractivity contribution >= 4 is 27.1 Å². The van der Waals surface area contributed by atoms with E-state index in [9.17, 15) is 26.4 Å². The number of ether oxygens (including phenoxy) is 1. The molecule has 0 fully saturated rings. The molecule has 0 aliphatic heterocycles. The molecule has 3 aromatic rings. The molecule has 3 aromatic heterocycles. The van der Waals surface area contributed by atoms with Crippen LogP contribution >= 0.6 is 0 Å². The first-order valence-electron chi connectivity index (χ1n) is 10.5. The van der Waals surface area contributed by atoms with Crippen LogP contribution in [0.2, 0.25) is 0 Å². The first-order valence-corrected chi connectivity index (χ1v) is 12.2. The number of hydrogen-bond acceptors (Lipinski definition) is 6. The number of pyridine rings is 1. The molecule has 0 saturated heterocycles. The van der Waals surface area contributed by atoms with E-state index in [0.29, 0.717) is 29.4 Å². The average molecular weight is 502 g/mol. The van der Waals surface area contributed by atoms with Crippen LogP contribution in [-0.2, 0) is 34.4 Å². The second-order valence-electron chi connectivity index (χ2n) is 8.32. The zero-order valence-corrected chi connectivity index (χ0v) is 20.0. The summed E-state index contributed by atoms with van der Waals surface area (Å²) < 4.78 is 73.7. The Kier molecular flexibility index (Phi) is 7.24. The van der Waals surface area contributed by atoms with Gasteiger partial charge in [0, 0.05) is 30.4 Å². The molecular formula is C21H26F3N5O4S. The summed E-state index contributed by atoms with van der Waals surface area (Å²) in [6.07, 6.45) is -2.64. The predicted molar refractivity (Wildman–Crippen MR) is 119 cm³/mol. The highest BCUT2D eigenvalue weighted by Gasteiger charge is 2.31. The third kappa shape index (κ3) is 5.88. The van der Waals surface area contributed by atoms with Gasteiger partial charge >= 0.3 is 12.3 Å². The number of rotatable bonds is 8. The normalized spacial score (nSPS) is 12.5. The molecule has 34 heavy (non-hydrogen) atoms. The minimum Gasteiger partial charge on any atom is -0.449 e. The number of nitrogens with zero attached hydrogens (tertiary/aromatic N) is 4. The monoisotopic (exact) mass is 501 g/mol. The summed E-state index contributed by atoms with van der Waals surface area (Å²) in [6.45, 7) is 5.70. The Morgan fingerprint density at radius 3 is 2.65 bits per heavy atom. The van der Waals surface area contributed by atoms with Gasteiger partial charge in [-0.25, -0.2) is 22.9 Å². The molecule has 0 bridgehead atoms. The van der Waals surface area contributed by atoms with Crippen molar-refractivity contribution in [3.63, 3.8) is 0 Å². The minimum absolute atomic E-state index is 0.00389. The van der Waals surface area contributed by atoms with Crippen molar-refractivity contribution < 1.29 is 31.1 Å². The SMILES string of the molecule is Cc1nn(C)c(-n2ccc3cc(C(F)(F)F)cnc32)c1CCS(=O)(=O)NC(=O)OCCC(C)C. The van der Waals surface area contributed by atoms with Crippen LogP contribution in [0.25, 0.3) is 16.9 Å². The molecule has 0 radical (unpaired) electrons. The van der Waals surface area contributed by atoms with Crippen LogP contribution in [-0.4, -0.2) is 46.2 Å². The number of carbonyl (C=O) groups is 1. The lowest BCUT2D eigenvalue weighted by Crippen LogP contribution is -2.34. The third-order valence-electron chi connectivity index (χ3n) is 5.18. The molecule has 3 rings (SSSR count). The van der Waals surface area contributed by atoms with E-state index in [1.807, 2.05) is 18.6 Å². The second-order valence-corrected chi connectivity index (χ2v) is 10.2. The van der Waals surface area contributed by atoms with Crippen molar-refractivity contribution in [3.8, 4) is 5.82 Å². The maximum Gasteiger partial charge on any atom is 0.420 e. The van der Waals surface area contributed by atoms with Gasteiger partial charge in [0.2, 0.25) is 10.0 Å². The predicted octanol–water partition coefficient (Wildman–Crippen LogP) is 3.73. The van der Waals surface area contributed by atoms with E-state index >= 15 is 0 Å². The number of sulfonamides is 1. The molecule has 186 valence electrons. The van der Waals surface area contributed by atoms with E-state index in [4.69, 9.17) is 4.74 Å². The van der Waals surface area contributed by atoms with Crippen molar-refractivity contribution in [3.05, 3.63) is 41.3 Å². The molecule has 3 heterocycles. The Bertz CT molecular complexity index is 1300. The smallest absolute Gasteiger partial charge is 0.420 e. The second kappa shape index (κ2) is 9.65. The maximum atomic E-state index is 13.0. The van der Waals surface area contributed by atoms with Crippen molar-refractivity contribution in [2.45, 2.75) is 39.8 Å². The van der Waals surface area contributed by atoms with Crippen LogP contribution in [0, 0.1) is 12.8 Å². The summed E-state index contributed by atoms with van der Waals surface area (Å²) in [6, 6.07) is 2.50. The summed E-state index contributed by atoms with van der Waals surface area (Å²) in [5.74, 6) is 0.349. The number of carbonyl (C=O) groups excluding carboxylic acids is 1. The number of aryl methyl sites for hydroxylation is 2. The zero-order valence-electron chi connectivity index (χ0n) is 19.2. The third-order valence-corrected chi connectivity index (χ3v) is 6.40. The van der Waals surface area contributed by atoms with E-state index in [0.717, 1.165) is 12.3 Å². The molecular weight excluding hydrogens is 475 g/mol. The van der Waals surface area contributed by atoms with Gasteiger partial charge in [0.15, 0.2) is 0 Å². The average Bonchev–Trinajstić information content (AvgIpc) is 3.24. The highest BCUT2D eigenvalue weighted by molar-refractivity contribution is 7.90. The fraction of sp³-hybridized carbons (Fsp3) is 0.476. The summed E-state index contributed by atoms with van der Waals surface area (Å²) in [7, 11) is -2.36. The van der Waals surface area contributed by atoms with Gasteiger partial charge in [0.1, 0.15) is 11.5 Å². The van der Waals surface area contributed by atoms with Gasteiger partial charge in [0.25, 0.3) is 0 Å². The molecule has 0 aliphatic rings. The topological polar surface area (TPSA) is 108 Å². The number of halogens is 3. The highest BCUT2D eigenvalue weighted by Crippen LogP contribution is 2.32. The van der Waals surface area contributed by atoms with Gasteiger partial charge in [-0.2, -0.15) is 18.3 Å². The number of fused-ring (bicyclic) bond motifs is 1. The van der Waals surface area contributed by atoms with Crippen LogP contribution in [0.5, 0.6) is 0 Å². The maximum absolute atomic E-state index is 13.0. The fourth-order valence-corrected chi connectivity index (χ4v) is 4.35. The summed E-state index contributed by atoms with van der Waals surface area (Å²) in [5.41, 5.74) is 0.504. The van der Waals surface area contributed by atoms with Gasteiger partial charge in [-0.05, 0) is 37.8 Å². The standard InChI is InChI=1S/C21H26F3N5O4S/c1-13(2)6-9-33-20(30)27-34(31,32)10-7-17-14(3)26-28(4)19(17)29-8-5-15-11-16(21(22,23)24)12-25-18(15)29/h5,8,11-13H,6-7,9-10H2,1-4H3,(H,27,30). The molecule has 1 amide bonds. The zero-order chi connectivity index (χ0) is 25.3. The molecule has 0 aromatic carbocycles. The Morgan fingerprint density at radius 1 is 1.29 bits per heavy atom. The van der Waals surface area contributed by atoms with Crippen molar-refractivity contribution in [2.75, 3.05) is 12.4 Å².